The second-order valence-corrected chi connectivity index (χ2v) is 8.93. The molecule has 0 atom stereocenters. The van der Waals surface area contributed by atoms with Gasteiger partial charge in [-0.15, -0.1) is 0 Å². The second kappa shape index (κ2) is 14.1. The smallest absolute Gasteiger partial charge is 0.252 e. The molecule has 0 unspecified atom stereocenters. The SMILES string of the molecule is Clc1cc(Cl)c(Oc2c(Cl)cc(Cl)cc2Cl)c(Cl)c1.O=C(NCCCCO)c1cccnc1. The van der Waals surface area contributed by atoms with Crippen molar-refractivity contribution in [3.05, 3.63) is 84.5 Å². The number of halogens is 6. The van der Waals surface area contributed by atoms with Gasteiger partial charge in [0, 0.05) is 35.6 Å². The highest BCUT2D eigenvalue weighted by atomic mass is 35.5. The summed E-state index contributed by atoms with van der Waals surface area (Å²) in [6.45, 7) is 0.761. The van der Waals surface area contributed by atoms with E-state index in [-0.39, 0.29) is 44.1 Å². The Bertz CT molecular complexity index is 981. The second-order valence-electron chi connectivity index (χ2n) is 6.43. The van der Waals surface area contributed by atoms with E-state index in [0.717, 1.165) is 6.42 Å². The molecule has 3 aromatic rings. The fraction of sp³-hybridized carbons (Fsp3) is 0.182. The predicted octanol–water partition coefficient (Wildman–Crippen LogP) is 7.98. The zero-order chi connectivity index (χ0) is 24.4. The minimum absolute atomic E-state index is 0.115. The van der Waals surface area contributed by atoms with E-state index in [4.69, 9.17) is 79.4 Å². The number of aromatic nitrogens is 1. The fourth-order valence-electron chi connectivity index (χ4n) is 2.39. The van der Waals surface area contributed by atoms with Crippen molar-refractivity contribution in [1.82, 2.24) is 10.3 Å². The molecule has 3 rings (SSSR count). The molecule has 0 aliphatic carbocycles. The Labute approximate surface area is 221 Å². The standard InChI is InChI=1S/C12H4Cl6O.C10H14N2O2/c13-5-1-7(15)11(8(16)2-5)19-12-9(17)3-6(14)4-10(12)18;13-7-2-1-6-12-10(14)9-4-3-5-11-8-9/h1-4H;3-5,8,13H,1-2,6-7H2,(H,12,14). The number of hydrogen-bond donors (Lipinski definition) is 2. The van der Waals surface area contributed by atoms with Crippen molar-refractivity contribution < 1.29 is 14.6 Å². The van der Waals surface area contributed by atoms with Gasteiger partial charge >= 0.3 is 0 Å². The van der Waals surface area contributed by atoms with E-state index in [1.54, 1.807) is 18.3 Å². The van der Waals surface area contributed by atoms with Crippen LogP contribution >= 0.6 is 69.6 Å². The summed E-state index contributed by atoms with van der Waals surface area (Å²) in [4.78, 5) is 15.2. The van der Waals surface area contributed by atoms with Crippen LogP contribution in [0, 0.1) is 0 Å². The van der Waals surface area contributed by atoms with Gasteiger partial charge in [0.1, 0.15) is 0 Å². The molecule has 5 nitrogen and oxygen atoms in total. The summed E-state index contributed by atoms with van der Waals surface area (Å²) in [6.07, 6.45) is 4.67. The molecule has 1 heterocycles. The van der Waals surface area contributed by atoms with Crippen molar-refractivity contribution in [2.75, 3.05) is 13.2 Å². The van der Waals surface area contributed by atoms with E-state index < -0.39 is 0 Å². The van der Waals surface area contributed by atoms with Crippen LogP contribution in [-0.2, 0) is 0 Å². The molecule has 11 heteroatoms. The summed E-state index contributed by atoms with van der Waals surface area (Å²) >= 11 is 35.7. The molecule has 0 aliphatic heterocycles. The monoisotopic (exact) mass is 568 g/mol. The zero-order valence-corrected chi connectivity index (χ0v) is 21.5. The third-order valence-corrected chi connectivity index (χ3v) is 5.48. The topological polar surface area (TPSA) is 71.5 Å². The van der Waals surface area contributed by atoms with Crippen molar-refractivity contribution in [3.63, 3.8) is 0 Å². The maximum absolute atomic E-state index is 11.4. The molecule has 0 radical (unpaired) electrons. The maximum atomic E-state index is 11.4. The van der Waals surface area contributed by atoms with Gasteiger partial charge in [0.2, 0.25) is 0 Å². The number of aliphatic hydroxyl groups is 1. The molecular formula is C22H18Cl6N2O3. The van der Waals surface area contributed by atoms with Crippen LogP contribution in [-0.4, -0.2) is 29.1 Å². The highest BCUT2D eigenvalue weighted by molar-refractivity contribution is 6.41. The Morgan fingerprint density at radius 3 is 1.82 bits per heavy atom. The molecule has 176 valence electrons. The number of nitrogens with one attached hydrogen (secondary N) is 1. The number of carbonyl (C=O) groups is 1. The van der Waals surface area contributed by atoms with E-state index >= 15 is 0 Å². The first-order chi connectivity index (χ1) is 15.7. The van der Waals surface area contributed by atoms with Crippen LogP contribution in [0.2, 0.25) is 30.1 Å². The normalized spacial score (nSPS) is 10.3. The van der Waals surface area contributed by atoms with E-state index in [2.05, 4.69) is 10.3 Å². The van der Waals surface area contributed by atoms with Gasteiger partial charge in [-0.3, -0.25) is 9.78 Å². The number of unbranched alkanes of at least 4 members (excludes halogenated alkanes) is 1. The number of ether oxygens (including phenoxy) is 1. The summed E-state index contributed by atoms with van der Waals surface area (Å²) in [5.41, 5.74) is 0.566. The quantitative estimate of drug-likeness (QED) is 0.282. The Morgan fingerprint density at radius 1 is 0.879 bits per heavy atom. The van der Waals surface area contributed by atoms with Gasteiger partial charge in [0.15, 0.2) is 11.5 Å². The maximum Gasteiger partial charge on any atom is 0.252 e. The lowest BCUT2D eigenvalue weighted by Gasteiger charge is -2.12. The molecule has 0 bridgehead atoms. The van der Waals surface area contributed by atoms with Gasteiger partial charge in [0.25, 0.3) is 5.91 Å². The number of pyridine rings is 1. The van der Waals surface area contributed by atoms with Gasteiger partial charge in [0.05, 0.1) is 25.7 Å². The van der Waals surface area contributed by atoms with Crippen LogP contribution in [0.25, 0.3) is 0 Å². The first-order valence-electron chi connectivity index (χ1n) is 9.49. The lowest BCUT2D eigenvalue weighted by Crippen LogP contribution is -2.24. The van der Waals surface area contributed by atoms with Crippen molar-refractivity contribution >= 4 is 75.5 Å². The van der Waals surface area contributed by atoms with Gasteiger partial charge in [-0.05, 0) is 49.2 Å². The highest BCUT2D eigenvalue weighted by Gasteiger charge is 2.15. The van der Waals surface area contributed by atoms with Crippen LogP contribution in [0.1, 0.15) is 23.2 Å². The van der Waals surface area contributed by atoms with Crippen LogP contribution in [0.3, 0.4) is 0 Å². The Balaban J connectivity index is 0.000000245. The Morgan fingerprint density at radius 2 is 1.39 bits per heavy atom. The number of benzene rings is 2. The molecule has 0 aliphatic rings. The van der Waals surface area contributed by atoms with Gasteiger partial charge in [-0.2, -0.15) is 0 Å². The number of carbonyl (C=O) groups excluding carboxylic acids is 1. The molecule has 1 amide bonds. The molecule has 2 N–H and O–H groups in total. The summed E-state index contributed by atoms with van der Waals surface area (Å²) < 4.78 is 5.57. The third-order valence-electron chi connectivity index (χ3n) is 3.92. The van der Waals surface area contributed by atoms with E-state index in [1.807, 2.05) is 0 Å². The zero-order valence-electron chi connectivity index (χ0n) is 16.9. The van der Waals surface area contributed by atoms with E-state index in [9.17, 15) is 4.79 Å². The summed E-state index contributed by atoms with van der Waals surface area (Å²) in [5.74, 6) is 0.328. The Hall–Kier alpha value is -1.44. The molecule has 33 heavy (non-hydrogen) atoms. The van der Waals surface area contributed by atoms with Crippen LogP contribution in [0.5, 0.6) is 11.5 Å². The van der Waals surface area contributed by atoms with Crippen molar-refractivity contribution in [3.8, 4) is 11.5 Å². The minimum atomic E-state index is -0.115. The molecule has 0 spiro atoms. The van der Waals surface area contributed by atoms with Crippen molar-refractivity contribution in [2.45, 2.75) is 12.8 Å². The highest BCUT2D eigenvalue weighted by Crippen LogP contribution is 2.44. The summed E-state index contributed by atoms with van der Waals surface area (Å²) in [6, 6.07) is 9.45. The predicted molar refractivity (Wildman–Crippen MR) is 136 cm³/mol. The van der Waals surface area contributed by atoms with Crippen molar-refractivity contribution in [2.24, 2.45) is 0 Å². The summed E-state index contributed by atoms with van der Waals surface area (Å²) in [7, 11) is 0. The fourth-order valence-corrected chi connectivity index (χ4v) is 4.18. The lowest BCUT2D eigenvalue weighted by atomic mass is 10.2. The average molecular weight is 571 g/mol. The number of hydrogen-bond acceptors (Lipinski definition) is 4. The van der Waals surface area contributed by atoms with Gasteiger partial charge in [-0.1, -0.05) is 69.6 Å². The number of nitrogens with zero attached hydrogens (tertiary/aromatic N) is 1. The molecule has 0 fully saturated rings. The van der Waals surface area contributed by atoms with Crippen LogP contribution in [0.15, 0.2) is 48.8 Å². The first-order valence-corrected chi connectivity index (χ1v) is 11.8. The molecule has 0 saturated carbocycles. The number of amides is 1. The molecule has 1 aromatic heterocycles. The number of aliphatic hydroxyl groups excluding tert-OH is 1. The molecule has 0 saturated heterocycles. The Kier molecular flexibility index (Phi) is 11.9. The molecule has 2 aromatic carbocycles. The average Bonchev–Trinajstić information content (AvgIpc) is 2.76. The lowest BCUT2D eigenvalue weighted by molar-refractivity contribution is 0.0951. The van der Waals surface area contributed by atoms with Gasteiger partial charge < -0.3 is 15.2 Å². The van der Waals surface area contributed by atoms with Crippen LogP contribution < -0.4 is 10.1 Å². The number of rotatable bonds is 7. The van der Waals surface area contributed by atoms with Crippen LogP contribution in [0.4, 0.5) is 0 Å². The van der Waals surface area contributed by atoms with Crippen molar-refractivity contribution in [1.29, 1.82) is 0 Å². The van der Waals surface area contributed by atoms with E-state index in [1.165, 1.54) is 30.5 Å². The largest absolute Gasteiger partial charge is 0.451 e. The summed E-state index contributed by atoms with van der Waals surface area (Å²) in [5, 5.41) is 13.1. The first kappa shape index (κ1) is 27.8. The van der Waals surface area contributed by atoms with Gasteiger partial charge in [-0.25, -0.2) is 0 Å². The third kappa shape index (κ3) is 9.02. The molecular weight excluding hydrogens is 553 g/mol. The van der Waals surface area contributed by atoms with E-state index in [0.29, 0.717) is 28.6 Å². The minimum Gasteiger partial charge on any atom is -0.451 e.